The molecule has 0 aromatic heterocycles. The van der Waals surface area contributed by atoms with Gasteiger partial charge in [-0.2, -0.15) is 0 Å². The molecule has 0 saturated carbocycles. The van der Waals surface area contributed by atoms with E-state index < -0.39 is 57.8 Å². The molecular formula is C60H99O11P. The number of allylic oxidation sites excluding steroid dienone is 17. The van der Waals surface area contributed by atoms with Crippen molar-refractivity contribution in [3.05, 3.63) is 109 Å². The minimum atomic E-state index is -4.79. The molecule has 2 N–H and O–H groups in total. The first-order chi connectivity index (χ1) is 35.2. The topological polar surface area (TPSA) is 155 Å². The molecule has 0 aromatic carbocycles. The maximum atomic E-state index is 12.9. The number of rotatable bonds is 50. The lowest BCUT2D eigenvalue weighted by Gasteiger charge is -2.21. The van der Waals surface area contributed by atoms with Crippen LogP contribution < -0.4 is 0 Å². The van der Waals surface area contributed by atoms with E-state index in [0.29, 0.717) is 19.3 Å². The third-order valence-electron chi connectivity index (χ3n) is 11.2. The lowest BCUT2D eigenvalue weighted by molar-refractivity contribution is -0.161. The number of phosphoric acid groups is 1. The Kier molecular flexibility index (Phi) is 50.6. The van der Waals surface area contributed by atoms with Gasteiger partial charge in [-0.05, 0) is 70.6 Å². The van der Waals surface area contributed by atoms with Gasteiger partial charge in [-0.15, -0.1) is 0 Å². The van der Waals surface area contributed by atoms with Gasteiger partial charge in [-0.25, -0.2) is 4.57 Å². The van der Waals surface area contributed by atoms with Gasteiger partial charge >= 0.3 is 25.7 Å². The standard InChI is InChI=1S/C60H99O11P/c1-4-7-10-13-16-19-22-25-27-28-30-33-36-39-42-45-48-51-60(64)71-57(53-67-58(62)49-46-43-40-37-34-31-24-21-18-15-12-9-6-3)55-69-72(65,66)68-54-56(52-61)70-59(63)50-47-44-41-38-35-32-29-26-23-20-17-14-11-8-5-2/h8-9,11-12,17-18,20-21,26,29,31,34-35,38,40,43-44,47,56-57,61H,4-7,10,13-16,19,22-25,27-28,30,32-33,36-37,39,41-42,45-46,48-55H2,1-3H3,(H,65,66)/b11-8-,12-9-,20-17-,21-18-,29-26-,34-31-,38-35-,43-40-,47-44-. The summed E-state index contributed by atoms with van der Waals surface area (Å²) in [6.45, 7) is 4.22. The van der Waals surface area contributed by atoms with Gasteiger partial charge in [0.2, 0.25) is 0 Å². The first-order valence-corrected chi connectivity index (χ1v) is 29.3. The average Bonchev–Trinajstić information content (AvgIpc) is 3.37. The number of esters is 3. The summed E-state index contributed by atoms with van der Waals surface area (Å²) < 4.78 is 39.2. The van der Waals surface area contributed by atoms with Gasteiger partial charge in [0.05, 0.1) is 26.2 Å². The van der Waals surface area contributed by atoms with Gasteiger partial charge in [-0.1, -0.05) is 233 Å². The molecule has 0 aromatic rings. The molecule has 11 nitrogen and oxygen atoms in total. The first kappa shape index (κ1) is 68.1. The molecule has 0 bridgehead atoms. The predicted octanol–water partition coefficient (Wildman–Crippen LogP) is 16.2. The number of hydrogen-bond donors (Lipinski definition) is 2. The Morgan fingerprint density at radius 3 is 1.19 bits per heavy atom. The van der Waals surface area contributed by atoms with Crippen LogP contribution >= 0.6 is 7.82 Å². The van der Waals surface area contributed by atoms with Crippen LogP contribution in [0.25, 0.3) is 0 Å². The van der Waals surface area contributed by atoms with Crippen LogP contribution in [-0.4, -0.2) is 66.5 Å². The fraction of sp³-hybridized carbons (Fsp3) is 0.650. The van der Waals surface area contributed by atoms with Crippen molar-refractivity contribution >= 4 is 25.7 Å². The fourth-order valence-corrected chi connectivity index (χ4v) is 7.88. The van der Waals surface area contributed by atoms with Gasteiger partial charge in [0.1, 0.15) is 12.7 Å². The average molecular weight is 1030 g/mol. The Balaban J connectivity index is 4.86. The van der Waals surface area contributed by atoms with Crippen molar-refractivity contribution < 1.29 is 52.2 Å². The Bertz CT molecular complexity index is 1620. The van der Waals surface area contributed by atoms with Crippen molar-refractivity contribution in [1.82, 2.24) is 0 Å². The van der Waals surface area contributed by atoms with E-state index in [1.165, 1.54) is 83.5 Å². The summed E-state index contributed by atoms with van der Waals surface area (Å²) in [5.41, 5.74) is 0. The van der Waals surface area contributed by atoms with Crippen molar-refractivity contribution in [2.45, 2.75) is 226 Å². The van der Waals surface area contributed by atoms with Crippen LogP contribution in [0.3, 0.4) is 0 Å². The molecule has 0 fully saturated rings. The van der Waals surface area contributed by atoms with E-state index in [-0.39, 0.29) is 25.9 Å². The zero-order chi connectivity index (χ0) is 52.7. The van der Waals surface area contributed by atoms with Gasteiger partial charge < -0.3 is 24.2 Å². The third-order valence-corrected chi connectivity index (χ3v) is 12.2. The number of aliphatic hydroxyl groups excluding tert-OH is 1. The number of carbonyl (C=O) groups is 3. The van der Waals surface area contributed by atoms with E-state index in [4.69, 9.17) is 23.3 Å². The lowest BCUT2D eigenvalue weighted by Crippen LogP contribution is -2.30. The second-order valence-electron chi connectivity index (χ2n) is 18.0. The Morgan fingerprint density at radius 2 is 0.778 bits per heavy atom. The smallest absolute Gasteiger partial charge is 0.462 e. The molecular weight excluding hydrogens is 928 g/mol. The molecule has 72 heavy (non-hydrogen) atoms. The zero-order valence-electron chi connectivity index (χ0n) is 45.1. The van der Waals surface area contributed by atoms with Crippen LogP contribution in [0.1, 0.15) is 213 Å². The minimum absolute atomic E-state index is 0.0635. The molecule has 3 unspecified atom stereocenters. The van der Waals surface area contributed by atoms with Gasteiger partial charge in [0, 0.05) is 12.8 Å². The molecule has 0 saturated heterocycles. The molecule has 12 heteroatoms. The van der Waals surface area contributed by atoms with E-state index in [1.54, 1.807) is 6.08 Å². The Morgan fingerprint density at radius 1 is 0.417 bits per heavy atom. The first-order valence-electron chi connectivity index (χ1n) is 27.8. The van der Waals surface area contributed by atoms with E-state index in [9.17, 15) is 28.9 Å². The largest absolute Gasteiger partial charge is 0.472 e. The van der Waals surface area contributed by atoms with E-state index >= 15 is 0 Å². The predicted molar refractivity (Wildman–Crippen MR) is 297 cm³/mol. The highest BCUT2D eigenvalue weighted by Crippen LogP contribution is 2.43. The second-order valence-corrected chi connectivity index (χ2v) is 19.5. The number of aliphatic hydroxyl groups is 1. The van der Waals surface area contributed by atoms with E-state index in [0.717, 1.165) is 70.6 Å². The molecule has 0 aliphatic carbocycles. The fourth-order valence-electron chi connectivity index (χ4n) is 7.09. The summed E-state index contributed by atoms with van der Waals surface area (Å²) in [4.78, 5) is 48.3. The van der Waals surface area contributed by atoms with Crippen molar-refractivity contribution in [1.29, 1.82) is 0 Å². The van der Waals surface area contributed by atoms with Gasteiger partial charge in [0.15, 0.2) is 6.10 Å². The molecule has 0 radical (unpaired) electrons. The highest BCUT2D eigenvalue weighted by Gasteiger charge is 2.28. The van der Waals surface area contributed by atoms with Crippen molar-refractivity contribution in [3.8, 4) is 0 Å². The Hall–Kier alpha value is -3.86. The summed E-state index contributed by atoms with van der Waals surface area (Å²) >= 11 is 0. The van der Waals surface area contributed by atoms with E-state index in [1.807, 2.05) is 30.4 Å². The van der Waals surface area contributed by atoms with Gasteiger partial charge in [0.25, 0.3) is 0 Å². The molecule has 0 aliphatic heterocycles. The zero-order valence-corrected chi connectivity index (χ0v) is 46.0. The molecule has 3 atom stereocenters. The minimum Gasteiger partial charge on any atom is -0.462 e. The summed E-state index contributed by atoms with van der Waals surface area (Å²) in [6, 6.07) is 0. The van der Waals surface area contributed by atoms with Crippen molar-refractivity contribution in [2.24, 2.45) is 0 Å². The Labute approximate surface area is 437 Å². The monoisotopic (exact) mass is 1030 g/mol. The molecule has 0 heterocycles. The highest BCUT2D eigenvalue weighted by molar-refractivity contribution is 7.47. The van der Waals surface area contributed by atoms with Crippen LogP contribution in [0.4, 0.5) is 0 Å². The van der Waals surface area contributed by atoms with E-state index in [2.05, 4.69) is 93.7 Å². The molecule has 0 aliphatic rings. The maximum Gasteiger partial charge on any atom is 0.472 e. The van der Waals surface area contributed by atoms with Crippen LogP contribution in [0, 0.1) is 0 Å². The van der Waals surface area contributed by atoms with Crippen LogP contribution in [-0.2, 0) is 42.2 Å². The highest BCUT2D eigenvalue weighted by atomic mass is 31.2. The van der Waals surface area contributed by atoms with Crippen LogP contribution in [0.5, 0.6) is 0 Å². The number of ether oxygens (including phenoxy) is 3. The second kappa shape index (κ2) is 53.4. The summed E-state index contributed by atoms with van der Waals surface area (Å²) in [6.07, 6.45) is 63.9. The summed E-state index contributed by atoms with van der Waals surface area (Å²) in [5.74, 6) is -1.70. The quantitative estimate of drug-likeness (QED) is 0.0197. The molecule has 0 amide bonds. The van der Waals surface area contributed by atoms with Crippen LogP contribution in [0.2, 0.25) is 0 Å². The lowest BCUT2D eigenvalue weighted by atomic mass is 10.0. The van der Waals surface area contributed by atoms with Gasteiger partial charge in [-0.3, -0.25) is 23.4 Å². The van der Waals surface area contributed by atoms with Crippen molar-refractivity contribution in [3.63, 3.8) is 0 Å². The number of phosphoric ester groups is 1. The molecule has 0 spiro atoms. The normalized spacial score (nSPS) is 14.2. The molecule has 410 valence electrons. The number of unbranched alkanes of at least 4 members (excludes halogenated alkanes) is 16. The summed E-state index contributed by atoms with van der Waals surface area (Å²) in [7, 11) is -4.79. The maximum absolute atomic E-state index is 12.9. The summed E-state index contributed by atoms with van der Waals surface area (Å²) in [5, 5.41) is 9.78. The number of hydrogen-bond acceptors (Lipinski definition) is 10. The third kappa shape index (κ3) is 51.1. The number of carbonyl (C=O) groups excluding carboxylic acids is 3. The SMILES string of the molecule is CC/C=C\C/C=C\C/C=C\C/C=C\C/C=C\CC(=O)OC(CO)COP(=O)(O)OCC(COC(=O)CC/C=C\C/C=C\C/C=C\C/C=C\CC)OC(=O)CCCCCCCCCCCCCCCCCCC. The van der Waals surface area contributed by atoms with Crippen LogP contribution in [0.15, 0.2) is 109 Å². The molecule has 0 rings (SSSR count). The van der Waals surface area contributed by atoms with Crippen molar-refractivity contribution in [2.75, 3.05) is 26.4 Å².